The Hall–Kier alpha value is -1.38. The van der Waals surface area contributed by atoms with Gasteiger partial charge in [-0.05, 0) is 30.2 Å². The first kappa shape index (κ1) is 16.5. The molecular formula is C15H15NO4S3. The Morgan fingerprint density at radius 3 is 2.87 bits per heavy atom. The second kappa shape index (κ2) is 6.26. The molecule has 0 aliphatic carbocycles. The maximum atomic E-state index is 12.6. The number of hydrogen-bond acceptors (Lipinski definition) is 6. The molecule has 2 fully saturated rings. The van der Waals surface area contributed by atoms with Gasteiger partial charge in [-0.3, -0.25) is 9.69 Å². The number of hydrogen-bond donors (Lipinski definition) is 0. The maximum Gasteiger partial charge on any atom is 0.266 e. The third kappa shape index (κ3) is 3.44. The summed E-state index contributed by atoms with van der Waals surface area (Å²) in [6.45, 7) is 0. The number of rotatable bonds is 3. The van der Waals surface area contributed by atoms with Crippen molar-refractivity contribution in [3.05, 3.63) is 34.7 Å². The molecule has 1 atom stereocenters. The van der Waals surface area contributed by atoms with Crippen molar-refractivity contribution in [2.75, 3.05) is 18.6 Å². The third-order valence-electron chi connectivity index (χ3n) is 3.79. The Bertz CT molecular complexity index is 801. The number of thiocarbonyl (C=S) groups is 1. The lowest BCUT2D eigenvalue weighted by atomic mass is 10.2. The smallest absolute Gasteiger partial charge is 0.266 e. The Morgan fingerprint density at radius 2 is 2.22 bits per heavy atom. The molecule has 2 aliphatic rings. The van der Waals surface area contributed by atoms with E-state index in [4.69, 9.17) is 17.0 Å². The zero-order valence-corrected chi connectivity index (χ0v) is 14.8. The zero-order valence-electron chi connectivity index (χ0n) is 12.4. The van der Waals surface area contributed by atoms with Gasteiger partial charge in [0.15, 0.2) is 9.84 Å². The van der Waals surface area contributed by atoms with Gasteiger partial charge < -0.3 is 4.74 Å². The number of methoxy groups -OCH3 is 1. The summed E-state index contributed by atoms with van der Waals surface area (Å²) in [6, 6.07) is 7.02. The van der Waals surface area contributed by atoms with Gasteiger partial charge in [-0.1, -0.05) is 36.1 Å². The molecule has 3 rings (SSSR count). The monoisotopic (exact) mass is 369 g/mol. The fraction of sp³-hybridized carbons (Fsp3) is 0.333. The molecule has 0 saturated carbocycles. The number of thioether (sulfide) groups is 1. The molecule has 1 aromatic rings. The molecule has 2 saturated heterocycles. The Kier molecular flexibility index (Phi) is 4.48. The summed E-state index contributed by atoms with van der Waals surface area (Å²) in [7, 11) is -1.48. The summed E-state index contributed by atoms with van der Waals surface area (Å²) in [4.78, 5) is 14.6. The molecule has 0 bridgehead atoms. The van der Waals surface area contributed by atoms with Crippen molar-refractivity contribution in [3.63, 3.8) is 0 Å². The molecule has 0 aromatic heterocycles. The minimum Gasteiger partial charge on any atom is -0.497 e. The Balaban J connectivity index is 1.85. The number of carbonyl (C=O) groups is 1. The van der Waals surface area contributed by atoms with E-state index in [1.54, 1.807) is 13.2 Å². The second-order valence-corrected chi connectivity index (χ2v) is 9.29. The normalized spacial score (nSPS) is 25.3. The van der Waals surface area contributed by atoms with Crippen LogP contribution in [0.2, 0.25) is 0 Å². The third-order valence-corrected chi connectivity index (χ3v) is 6.87. The van der Waals surface area contributed by atoms with E-state index in [0.717, 1.165) is 5.56 Å². The molecule has 122 valence electrons. The van der Waals surface area contributed by atoms with E-state index < -0.39 is 9.84 Å². The van der Waals surface area contributed by atoms with Crippen LogP contribution in [-0.4, -0.2) is 48.2 Å². The fourth-order valence-corrected chi connectivity index (χ4v) is 5.76. The zero-order chi connectivity index (χ0) is 16.6. The molecule has 2 aliphatic heterocycles. The average Bonchev–Trinajstić information content (AvgIpc) is 2.99. The van der Waals surface area contributed by atoms with Crippen LogP contribution < -0.4 is 4.74 Å². The summed E-state index contributed by atoms with van der Waals surface area (Å²) in [6.07, 6.45) is 2.20. The van der Waals surface area contributed by atoms with E-state index in [0.29, 0.717) is 21.4 Å². The number of sulfone groups is 1. The van der Waals surface area contributed by atoms with Crippen LogP contribution in [0.15, 0.2) is 29.2 Å². The van der Waals surface area contributed by atoms with E-state index in [-0.39, 0.29) is 23.5 Å². The molecule has 8 heteroatoms. The van der Waals surface area contributed by atoms with Gasteiger partial charge in [0.2, 0.25) is 0 Å². The van der Waals surface area contributed by atoms with E-state index in [1.165, 1.54) is 16.7 Å². The molecular weight excluding hydrogens is 354 g/mol. The van der Waals surface area contributed by atoms with Gasteiger partial charge in [-0.15, -0.1) is 0 Å². The lowest BCUT2D eigenvalue weighted by Crippen LogP contribution is -2.39. The highest BCUT2D eigenvalue weighted by atomic mass is 32.2. The first-order valence-corrected chi connectivity index (χ1v) is 10.1. The van der Waals surface area contributed by atoms with Gasteiger partial charge in [-0.2, -0.15) is 0 Å². The lowest BCUT2D eigenvalue weighted by Gasteiger charge is -2.20. The van der Waals surface area contributed by atoms with Gasteiger partial charge in [0.25, 0.3) is 5.91 Å². The van der Waals surface area contributed by atoms with E-state index in [2.05, 4.69) is 0 Å². The van der Waals surface area contributed by atoms with Crippen LogP contribution in [0.1, 0.15) is 12.0 Å². The predicted octanol–water partition coefficient (Wildman–Crippen LogP) is 2.08. The Labute approximate surface area is 144 Å². The van der Waals surface area contributed by atoms with Crippen molar-refractivity contribution < 1.29 is 17.9 Å². The SMILES string of the molecule is COc1cccc(/C=C2/SC(=S)N([C@@H]3CCS(=O)(=O)C3)C2=O)c1. The summed E-state index contributed by atoms with van der Waals surface area (Å²) < 4.78 is 28.9. The van der Waals surface area contributed by atoms with Crippen molar-refractivity contribution in [2.45, 2.75) is 12.5 Å². The minimum atomic E-state index is -3.06. The number of amides is 1. The van der Waals surface area contributed by atoms with Gasteiger partial charge in [0.1, 0.15) is 10.1 Å². The standard InChI is InChI=1S/C15H15NO4S3/c1-20-12-4-2-3-10(7-12)8-13-14(17)16(15(21)22-13)11-5-6-23(18,19)9-11/h2-4,7-8,11H,5-6,9H2,1H3/b13-8+/t11-/m1/s1. The Morgan fingerprint density at radius 1 is 1.43 bits per heavy atom. The van der Waals surface area contributed by atoms with E-state index in [1.807, 2.05) is 24.3 Å². The maximum absolute atomic E-state index is 12.6. The van der Waals surface area contributed by atoms with Gasteiger partial charge in [0.05, 0.1) is 29.6 Å². The number of ether oxygens (including phenoxy) is 1. The van der Waals surface area contributed by atoms with Crippen molar-refractivity contribution in [3.8, 4) is 5.75 Å². The van der Waals surface area contributed by atoms with Crippen LogP contribution in [0.4, 0.5) is 0 Å². The molecule has 1 amide bonds. The average molecular weight is 369 g/mol. The first-order chi connectivity index (χ1) is 10.9. The molecule has 0 spiro atoms. The van der Waals surface area contributed by atoms with E-state index in [9.17, 15) is 13.2 Å². The summed E-state index contributed by atoms with van der Waals surface area (Å²) in [5, 5.41) is 0. The van der Waals surface area contributed by atoms with Crippen LogP contribution in [0.3, 0.4) is 0 Å². The van der Waals surface area contributed by atoms with E-state index >= 15 is 0 Å². The van der Waals surface area contributed by atoms with Gasteiger partial charge in [-0.25, -0.2) is 8.42 Å². The van der Waals surface area contributed by atoms with Crippen LogP contribution in [-0.2, 0) is 14.6 Å². The highest BCUT2D eigenvalue weighted by molar-refractivity contribution is 8.26. The molecule has 5 nitrogen and oxygen atoms in total. The fourth-order valence-electron chi connectivity index (χ4n) is 2.66. The lowest BCUT2D eigenvalue weighted by molar-refractivity contribution is -0.123. The highest BCUT2D eigenvalue weighted by Crippen LogP contribution is 2.36. The summed E-state index contributed by atoms with van der Waals surface area (Å²) in [5.41, 5.74) is 0.837. The van der Waals surface area contributed by atoms with Crippen LogP contribution in [0.25, 0.3) is 6.08 Å². The molecule has 0 unspecified atom stereocenters. The number of benzene rings is 1. The minimum absolute atomic E-state index is 0.00806. The second-order valence-electron chi connectivity index (χ2n) is 5.39. The molecule has 0 radical (unpaired) electrons. The summed E-state index contributed by atoms with van der Waals surface area (Å²) in [5.74, 6) is 0.594. The van der Waals surface area contributed by atoms with Crippen LogP contribution >= 0.6 is 24.0 Å². The molecule has 2 heterocycles. The molecule has 0 N–H and O–H groups in total. The van der Waals surface area contributed by atoms with Crippen molar-refractivity contribution in [2.24, 2.45) is 0 Å². The van der Waals surface area contributed by atoms with Crippen molar-refractivity contribution in [1.29, 1.82) is 0 Å². The predicted molar refractivity (Wildman–Crippen MR) is 95.1 cm³/mol. The largest absolute Gasteiger partial charge is 0.497 e. The highest BCUT2D eigenvalue weighted by Gasteiger charge is 2.42. The van der Waals surface area contributed by atoms with Crippen molar-refractivity contribution >= 4 is 50.1 Å². The number of carbonyl (C=O) groups excluding carboxylic acids is 1. The van der Waals surface area contributed by atoms with Crippen LogP contribution in [0, 0.1) is 0 Å². The quantitative estimate of drug-likeness (QED) is 0.600. The first-order valence-electron chi connectivity index (χ1n) is 7.01. The molecule has 23 heavy (non-hydrogen) atoms. The van der Waals surface area contributed by atoms with Gasteiger partial charge >= 0.3 is 0 Å². The molecule has 1 aromatic carbocycles. The van der Waals surface area contributed by atoms with Crippen LogP contribution in [0.5, 0.6) is 5.75 Å². The topological polar surface area (TPSA) is 63.7 Å². The summed E-state index contributed by atoms with van der Waals surface area (Å²) >= 11 is 6.49. The van der Waals surface area contributed by atoms with Gasteiger partial charge in [0, 0.05) is 0 Å². The number of nitrogens with zero attached hydrogens (tertiary/aromatic N) is 1. The van der Waals surface area contributed by atoms with Crippen molar-refractivity contribution in [1.82, 2.24) is 4.90 Å².